The highest BCUT2D eigenvalue weighted by molar-refractivity contribution is 7.92. The van der Waals surface area contributed by atoms with Gasteiger partial charge in [-0.2, -0.15) is 4.31 Å². The minimum atomic E-state index is -3.87. The molecule has 1 unspecified atom stereocenters. The van der Waals surface area contributed by atoms with Crippen LogP contribution in [0.4, 0.5) is 11.4 Å². The quantitative estimate of drug-likeness (QED) is 0.406. The first-order chi connectivity index (χ1) is 18.0. The highest BCUT2D eigenvalue weighted by Crippen LogP contribution is 2.27. The van der Waals surface area contributed by atoms with Crippen LogP contribution in [0.2, 0.25) is 5.02 Å². The fourth-order valence-corrected chi connectivity index (χ4v) is 6.86. The van der Waals surface area contributed by atoms with Gasteiger partial charge in [0.2, 0.25) is 15.9 Å². The van der Waals surface area contributed by atoms with Gasteiger partial charge in [-0.15, -0.1) is 0 Å². The number of carbonyl (C=O) groups is 1. The van der Waals surface area contributed by atoms with Gasteiger partial charge in [-0.25, -0.2) is 16.8 Å². The van der Waals surface area contributed by atoms with Crippen molar-refractivity contribution in [2.45, 2.75) is 29.6 Å². The van der Waals surface area contributed by atoms with E-state index in [1.54, 1.807) is 24.3 Å². The number of hydrogen-bond acceptors (Lipinski definition) is 6. The average Bonchev–Trinajstić information content (AvgIpc) is 2.91. The molecule has 9 nitrogen and oxygen atoms in total. The van der Waals surface area contributed by atoms with Crippen molar-refractivity contribution in [3.8, 4) is 5.75 Å². The van der Waals surface area contributed by atoms with Gasteiger partial charge in [-0.05, 0) is 86.0 Å². The molecule has 1 heterocycles. The molecular formula is C26H28ClN3O6S2. The lowest BCUT2D eigenvalue weighted by Gasteiger charge is -2.31. The van der Waals surface area contributed by atoms with Gasteiger partial charge in [-0.3, -0.25) is 9.52 Å². The Kier molecular flexibility index (Phi) is 8.31. The number of amides is 1. The van der Waals surface area contributed by atoms with Gasteiger partial charge in [0, 0.05) is 23.8 Å². The number of piperidine rings is 1. The number of carbonyl (C=O) groups excluding carboxylic acids is 1. The van der Waals surface area contributed by atoms with Crippen LogP contribution in [0.25, 0.3) is 0 Å². The second-order valence-electron chi connectivity index (χ2n) is 8.96. The molecule has 1 atom stereocenters. The van der Waals surface area contributed by atoms with Crippen LogP contribution in [0.15, 0.2) is 76.5 Å². The zero-order chi connectivity index (χ0) is 27.5. The van der Waals surface area contributed by atoms with Gasteiger partial charge < -0.3 is 10.1 Å². The third-order valence-electron chi connectivity index (χ3n) is 6.31. The fraction of sp³-hybridized carbons (Fsp3) is 0.269. The van der Waals surface area contributed by atoms with Crippen LogP contribution in [0.5, 0.6) is 5.75 Å². The molecule has 202 valence electrons. The van der Waals surface area contributed by atoms with Crippen LogP contribution in [-0.4, -0.2) is 47.2 Å². The maximum atomic E-state index is 13.1. The second-order valence-corrected chi connectivity index (χ2v) is 13.0. The summed E-state index contributed by atoms with van der Waals surface area (Å²) in [5, 5.41) is 3.22. The SMILES string of the molecule is COc1ccc(S(=O)(=O)N2CCCC(C(=O)Nc3ccc(S(=O)(=O)Nc4ccc(C)c(Cl)c4)cc3)C2)cc1. The van der Waals surface area contributed by atoms with Crippen molar-refractivity contribution < 1.29 is 26.4 Å². The molecule has 4 rings (SSSR count). The Hall–Kier alpha value is -3.12. The predicted molar refractivity (Wildman–Crippen MR) is 147 cm³/mol. The molecule has 3 aromatic carbocycles. The fourth-order valence-electron chi connectivity index (χ4n) is 4.10. The first-order valence-electron chi connectivity index (χ1n) is 11.8. The van der Waals surface area contributed by atoms with Crippen molar-refractivity contribution in [2.75, 3.05) is 30.2 Å². The summed E-state index contributed by atoms with van der Waals surface area (Å²) in [4.78, 5) is 13.1. The van der Waals surface area contributed by atoms with Crippen molar-refractivity contribution >= 4 is 48.9 Å². The number of methoxy groups -OCH3 is 1. The van der Waals surface area contributed by atoms with Crippen LogP contribution >= 0.6 is 11.6 Å². The van der Waals surface area contributed by atoms with Crippen molar-refractivity contribution in [3.05, 3.63) is 77.3 Å². The molecule has 1 aliphatic rings. The van der Waals surface area contributed by atoms with Crippen molar-refractivity contribution in [1.82, 2.24) is 4.31 Å². The van der Waals surface area contributed by atoms with E-state index in [2.05, 4.69) is 10.0 Å². The van der Waals surface area contributed by atoms with Crippen LogP contribution in [0.1, 0.15) is 18.4 Å². The highest BCUT2D eigenvalue weighted by Gasteiger charge is 2.33. The summed E-state index contributed by atoms with van der Waals surface area (Å²) in [7, 11) is -6.13. The summed E-state index contributed by atoms with van der Waals surface area (Å²) in [6.07, 6.45) is 1.08. The smallest absolute Gasteiger partial charge is 0.261 e. The minimum absolute atomic E-state index is 0.0154. The summed E-state index contributed by atoms with van der Waals surface area (Å²) in [5.41, 5.74) is 1.57. The topological polar surface area (TPSA) is 122 Å². The maximum absolute atomic E-state index is 13.1. The molecule has 0 saturated carbocycles. The standard InChI is InChI=1S/C26H28ClN3O6S2/c1-18-5-6-21(16-25(18)27)29-37(32,33)23-11-7-20(8-12-23)28-26(31)19-4-3-15-30(17-19)38(34,35)24-13-9-22(36-2)10-14-24/h5-14,16,19,29H,3-4,15,17H2,1-2H3,(H,28,31). The number of rotatable bonds is 8. The van der Waals surface area contributed by atoms with Gasteiger partial charge >= 0.3 is 0 Å². The van der Waals surface area contributed by atoms with Gasteiger partial charge in [0.05, 0.1) is 28.5 Å². The summed E-state index contributed by atoms with van der Waals surface area (Å²) < 4.78 is 60.6. The number of aryl methyl sites for hydroxylation is 1. The largest absolute Gasteiger partial charge is 0.497 e. The zero-order valence-electron chi connectivity index (χ0n) is 20.8. The van der Waals surface area contributed by atoms with Crippen molar-refractivity contribution in [2.24, 2.45) is 5.92 Å². The van der Waals surface area contributed by atoms with Gasteiger partial charge in [0.1, 0.15) is 5.75 Å². The molecule has 0 aromatic heterocycles. The number of nitrogens with zero attached hydrogens (tertiary/aromatic N) is 1. The molecule has 38 heavy (non-hydrogen) atoms. The van der Waals surface area contributed by atoms with E-state index in [1.807, 2.05) is 6.92 Å². The number of halogens is 1. The van der Waals surface area contributed by atoms with Gasteiger partial charge in [0.25, 0.3) is 10.0 Å². The number of ether oxygens (including phenoxy) is 1. The average molecular weight is 578 g/mol. The predicted octanol–water partition coefficient (Wildman–Crippen LogP) is 4.50. The van der Waals surface area contributed by atoms with Gasteiger partial charge in [-0.1, -0.05) is 17.7 Å². The van der Waals surface area contributed by atoms with Gasteiger partial charge in [0.15, 0.2) is 0 Å². The number of sulfonamides is 2. The monoisotopic (exact) mass is 577 g/mol. The Bertz CT molecular complexity index is 1530. The second kappa shape index (κ2) is 11.3. The molecule has 1 aliphatic heterocycles. The molecule has 0 aliphatic carbocycles. The molecule has 3 aromatic rings. The number of benzene rings is 3. The Morgan fingerprint density at radius 1 is 0.947 bits per heavy atom. The Morgan fingerprint density at radius 3 is 2.21 bits per heavy atom. The highest BCUT2D eigenvalue weighted by atomic mass is 35.5. The molecular weight excluding hydrogens is 550 g/mol. The summed E-state index contributed by atoms with van der Waals surface area (Å²) in [6, 6.07) is 16.7. The summed E-state index contributed by atoms with van der Waals surface area (Å²) in [6.45, 7) is 2.19. The summed E-state index contributed by atoms with van der Waals surface area (Å²) in [5.74, 6) is -0.329. The third-order valence-corrected chi connectivity index (χ3v) is 9.99. The van der Waals surface area contributed by atoms with Crippen LogP contribution < -0.4 is 14.8 Å². The first kappa shape index (κ1) is 27.9. The lowest BCUT2D eigenvalue weighted by Crippen LogP contribution is -2.43. The van der Waals surface area contributed by atoms with E-state index in [9.17, 15) is 21.6 Å². The van der Waals surface area contributed by atoms with Crippen LogP contribution in [0, 0.1) is 12.8 Å². The lowest BCUT2D eigenvalue weighted by atomic mass is 9.99. The van der Waals surface area contributed by atoms with E-state index in [0.717, 1.165) is 5.56 Å². The molecule has 0 radical (unpaired) electrons. The van der Waals surface area contributed by atoms with E-state index in [4.69, 9.17) is 16.3 Å². The van der Waals surface area contributed by atoms with E-state index < -0.39 is 26.0 Å². The zero-order valence-corrected chi connectivity index (χ0v) is 23.2. The Balaban J connectivity index is 1.40. The van der Waals surface area contributed by atoms with Crippen molar-refractivity contribution in [1.29, 1.82) is 0 Å². The van der Waals surface area contributed by atoms with Crippen LogP contribution in [0.3, 0.4) is 0 Å². The van der Waals surface area contributed by atoms with E-state index in [1.165, 1.54) is 53.9 Å². The number of nitrogens with one attached hydrogen (secondary N) is 2. The van der Waals surface area contributed by atoms with E-state index in [-0.39, 0.29) is 22.2 Å². The molecule has 0 spiro atoms. The number of anilines is 2. The Morgan fingerprint density at radius 2 is 1.58 bits per heavy atom. The van der Waals surface area contributed by atoms with E-state index in [0.29, 0.717) is 41.5 Å². The normalized spacial score (nSPS) is 16.6. The molecule has 12 heteroatoms. The number of hydrogen-bond donors (Lipinski definition) is 2. The molecule has 1 amide bonds. The molecule has 1 fully saturated rings. The Labute approximate surface area is 227 Å². The molecule has 1 saturated heterocycles. The lowest BCUT2D eigenvalue weighted by molar-refractivity contribution is -0.120. The molecule has 2 N–H and O–H groups in total. The minimum Gasteiger partial charge on any atom is -0.497 e. The summed E-state index contributed by atoms with van der Waals surface area (Å²) >= 11 is 6.08. The first-order valence-corrected chi connectivity index (χ1v) is 15.1. The van der Waals surface area contributed by atoms with Crippen LogP contribution in [-0.2, 0) is 24.8 Å². The molecule has 0 bridgehead atoms. The van der Waals surface area contributed by atoms with E-state index >= 15 is 0 Å². The third kappa shape index (κ3) is 6.29. The maximum Gasteiger partial charge on any atom is 0.261 e. The van der Waals surface area contributed by atoms with Crippen molar-refractivity contribution in [3.63, 3.8) is 0 Å².